The van der Waals surface area contributed by atoms with Gasteiger partial charge in [0, 0.05) is 43.2 Å². The molecule has 1 aromatic rings. The largest absolute Gasteiger partial charge is 0.489 e. The lowest BCUT2D eigenvalue weighted by Crippen LogP contribution is -2.44. The summed E-state index contributed by atoms with van der Waals surface area (Å²) in [6.45, 7) is 5.97. The normalized spacial score (nSPS) is 23.1. The van der Waals surface area contributed by atoms with Crippen molar-refractivity contribution in [3.8, 4) is 5.75 Å². The first-order chi connectivity index (χ1) is 15.0. The number of rotatable bonds is 6. The minimum Gasteiger partial charge on any atom is -0.489 e. The molecule has 0 spiro atoms. The molecule has 170 valence electrons. The molecule has 0 aromatic heterocycles. The highest BCUT2D eigenvalue weighted by molar-refractivity contribution is 6.30. The molecule has 2 fully saturated rings. The first-order valence-electron chi connectivity index (χ1n) is 11.8. The van der Waals surface area contributed by atoms with Crippen LogP contribution in [0.1, 0.15) is 44.1 Å². The maximum atomic E-state index is 12.8. The SMILES string of the molecule is CN1CCC(N(C)C(=O)CCC2CCCN(CC3=Cc4cc(Cl)ccc4OC3)C2)CC1. The Labute approximate surface area is 192 Å². The van der Waals surface area contributed by atoms with Gasteiger partial charge < -0.3 is 14.5 Å². The van der Waals surface area contributed by atoms with E-state index in [-0.39, 0.29) is 0 Å². The van der Waals surface area contributed by atoms with Crippen molar-refractivity contribution in [2.45, 2.75) is 44.6 Å². The van der Waals surface area contributed by atoms with Crippen LogP contribution in [0.4, 0.5) is 0 Å². The van der Waals surface area contributed by atoms with Crippen molar-refractivity contribution in [1.82, 2.24) is 14.7 Å². The first kappa shape index (κ1) is 22.6. The lowest BCUT2D eigenvalue weighted by molar-refractivity contribution is -0.133. The van der Waals surface area contributed by atoms with Gasteiger partial charge in [-0.2, -0.15) is 0 Å². The van der Waals surface area contributed by atoms with Crippen molar-refractivity contribution in [1.29, 1.82) is 0 Å². The molecule has 0 bridgehead atoms. The van der Waals surface area contributed by atoms with Crippen LogP contribution in [0.5, 0.6) is 5.75 Å². The van der Waals surface area contributed by atoms with Crippen LogP contribution in [0.25, 0.3) is 6.08 Å². The van der Waals surface area contributed by atoms with Crippen molar-refractivity contribution in [2.24, 2.45) is 5.92 Å². The van der Waals surface area contributed by atoms with Gasteiger partial charge in [-0.05, 0) is 94.6 Å². The average molecular weight is 446 g/mol. The number of halogens is 1. The Morgan fingerprint density at radius 1 is 1.23 bits per heavy atom. The molecule has 6 heteroatoms. The Kier molecular flexibility index (Phi) is 7.57. The number of hydrogen-bond acceptors (Lipinski definition) is 4. The van der Waals surface area contributed by atoms with E-state index in [2.05, 4.69) is 22.9 Å². The molecule has 1 aromatic carbocycles. The third-order valence-corrected chi connectivity index (χ3v) is 7.41. The number of nitrogens with zero attached hydrogens (tertiary/aromatic N) is 3. The Morgan fingerprint density at radius 2 is 2.03 bits per heavy atom. The number of hydrogen-bond donors (Lipinski definition) is 0. The zero-order valence-corrected chi connectivity index (χ0v) is 19.7. The minimum atomic E-state index is 0.323. The number of carbonyl (C=O) groups is 1. The van der Waals surface area contributed by atoms with E-state index in [1.165, 1.54) is 18.4 Å². The summed E-state index contributed by atoms with van der Waals surface area (Å²) in [4.78, 5) is 19.7. The number of carbonyl (C=O) groups excluding carboxylic acids is 1. The highest BCUT2D eigenvalue weighted by Gasteiger charge is 2.26. The lowest BCUT2D eigenvalue weighted by atomic mass is 9.92. The van der Waals surface area contributed by atoms with E-state index in [9.17, 15) is 4.79 Å². The molecule has 0 N–H and O–H groups in total. The van der Waals surface area contributed by atoms with Crippen molar-refractivity contribution >= 4 is 23.6 Å². The van der Waals surface area contributed by atoms with E-state index >= 15 is 0 Å². The summed E-state index contributed by atoms with van der Waals surface area (Å²) in [5.41, 5.74) is 2.37. The average Bonchev–Trinajstić information content (AvgIpc) is 2.77. The van der Waals surface area contributed by atoms with E-state index < -0.39 is 0 Å². The highest BCUT2D eigenvalue weighted by atomic mass is 35.5. The molecule has 0 aliphatic carbocycles. The lowest BCUT2D eigenvalue weighted by Gasteiger charge is -2.36. The van der Waals surface area contributed by atoms with E-state index in [1.54, 1.807) is 0 Å². The van der Waals surface area contributed by atoms with Crippen LogP contribution in [-0.4, -0.2) is 80.1 Å². The van der Waals surface area contributed by atoms with Crippen molar-refractivity contribution < 1.29 is 9.53 Å². The number of amides is 1. The second kappa shape index (κ2) is 10.4. The molecule has 3 aliphatic heterocycles. The molecule has 3 aliphatic rings. The van der Waals surface area contributed by atoms with Crippen molar-refractivity contribution in [3.05, 3.63) is 34.4 Å². The molecule has 5 nitrogen and oxygen atoms in total. The van der Waals surface area contributed by atoms with Gasteiger partial charge >= 0.3 is 0 Å². The summed E-state index contributed by atoms with van der Waals surface area (Å²) in [7, 11) is 4.17. The van der Waals surface area contributed by atoms with Gasteiger partial charge in [-0.3, -0.25) is 9.69 Å². The molecule has 0 saturated carbocycles. The van der Waals surface area contributed by atoms with E-state index in [0.29, 0.717) is 30.9 Å². The fraction of sp³-hybridized carbons (Fsp3) is 0.640. The number of fused-ring (bicyclic) bond motifs is 1. The summed E-state index contributed by atoms with van der Waals surface area (Å²) in [5, 5.41) is 0.743. The Bertz CT molecular complexity index is 804. The van der Waals surface area contributed by atoms with Crippen molar-refractivity contribution in [2.75, 3.05) is 53.4 Å². The molecule has 2 saturated heterocycles. The van der Waals surface area contributed by atoms with Gasteiger partial charge in [0.1, 0.15) is 12.4 Å². The zero-order chi connectivity index (χ0) is 21.8. The van der Waals surface area contributed by atoms with Gasteiger partial charge in [0.05, 0.1) is 0 Å². The predicted molar refractivity (Wildman–Crippen MR) is 127 cm³/mol. The third-order valence-electron chi connectivity index (χ3n) is 7.17. The van der Waals surface area contributed by atoms with Crippen LogP contribution in [0.15, 0.2) is 23.8 Å². The van der Waals surface area contributed by atoms with Crippen LogP contribution in [0.2, 0.25) is 5.02 Å². The van der Waals surface area contributed by atoms with Gasteiger partial charge in [0.15, 0.2) is 0 Å². The van der Waals surface area contributed by atoms with Crippen LogP contribution in [0.3, 0.4) is 0 Å². The number of benzene rings is 1. The molecular formula is C25H36ClN3O2. The Balaban J connectivity index is 1.25. The predicted octanol–water partition coefficient (Wildman–Crippen LogP) is 4.16. The summed E-state index contributed by atoms with van der Waals surface area (Å²) in [5.74, 6) is 1.84. The smallest absolute Gasteiger partial charge is 0.222 e. The van der Waals surface area contributed by atoms with Gasteiger partial charge in [-0.25, -0.2) is 0 Å². The van der Waals surface area contributed by atoms with Gasteiger partial charge in [-0.1, -0.05) is 11.6 Å². The fourth-order valence-corrected chi connectivity index (χ4v) is 5.37. The van der Waals surface area contributed by atoms with Gasteiger partial charge in [0.2, 0.25) is 5.91 Å². The van der Waals surface area contributed by atoms with E-state index in [4.69, 9.17) is 16.3 Å². The maximum Gasteiger partial charge on any atom is 0.222 e. The zero-order valence-electron chi connectivity index (χ0n) is 19.0. The van der Waals surface area contributed by atoms with E-state index in [1.807, 2.05) is 30.1 Å². The highest BCUT2D eigenvalue weighted by Crippen LogP contribution is 2.30. The monoisotopic (exact) mass is 445 g/mol. The number of ether oxygens (including phenoxy) is 1. The summed E-state index contributed by atoms with van der Waals surface area (Å²) >= 11 is 6.15. The van der Waals surface area contributed by atoms with E-state index in [0.717, 1.165) is 68.3 Å². The molecule has 31 heavy (non-hydrogen) atoms. The summed E-state index contributed by atoms with van der Waals surface area (Å²) in [6.07, 6.45) is 8.55. The third kappa shape index (κ3) is 6.03. The van der Waals surface area contributed by atoms with Crippen LogP contribution >= 0.6 is 11.6 Å². The Hall–Kier alpha value is -1.56. The standard InChI is InChI=1S/C25H36ClN3O2/c1-27-12-9-23(10-13-27)28(2)25(30)8-5-19-4-3-11-29(16-19)17-20-14-21-15-22(26)6-7-24(21)31-18-20/h6-7,14-15,19,23H,3-5,8-13,16-18H2,1-2H3. The van der Waals surface area contributed by atoms with Crippen molar-refractivity contribution in [3.63, 3.8) is 0 Å². The molecular weight excluding hydrogens is 410 g/mol. The molecule has 4 rings (SSSR count). The summed E-state index contributed by atoms with van der Waals surface area (Å²) < 4.78 is 5.92. The number of piperidine rings is 2. The molecule has 1 unspecified atom stereocenters. The number of likely N-dealkylation sites (tertiary alicyclic amines) is 2. The molecule has 1 atom stereocenters. The van der Waals surface area contributed by atoms with Crippen LogP contribution in [0, 0.1) is 5.92 Å². The molecule has 3 heterocycles. The maximum absolute atomic E-state index is 12.8. The first-order valence-corrected chi connectivity index (χ1v) is 12.1. The summed E-state index contributed by atoms with van der Waals surface area (Å²) in [6, 6.07) is 6.21. The van der Waals surface area contributed by atoms with Gasteiger partial charge in [0.25, 0.3) is 0 Å². The molecule has 1 amide bonds. The van der Waals surface area contributed by atoms with Crippen LogP contribution in [-0.2, 0) is 4.79 Å². The topological polar surface area (TPSA) is 36.0 Å². The second-order valence-electron chi connectivity index (χ2n) is 9.59. The van der Waals surface area contributed by atoms with Crippen LogP contribution < -0.4 is 4.74 Å². The Morgan fingerprint density at radius 3 is 2.84 bits per heavy atom. The molecule has 0 radical (unpaired) electrons. The second-order valence-corrected chi connectivity index (χ2v) is 10.0. The quantitative estimate of drug-likeness (QED) is 0.658. The minimum absolute atomic E-state index is 0.323. The fourth-order valence-electron chi connectivity index (χ4n) is 5.19. The van der Waals surface area contributed by atoms with Gasteiger partial charge in [-0.15, -0.1) is 0 Å².